The summed E-state index contributed by atoms with van der Waals surface area (Å²) in [5.74, 6) is -0.149. The molecule has 0 saturated carbocycles. The van der Waals surface area contributed by atoms with Gasteiger partial charge in [-0.25, -0.2) is 4.98 Å². The molecule has 1 heterocycles. The molecule has 1 rings (SSSR count). The van der Waals surface area contributed by atoms with Crippen molar-refractivity contribution in [2.24, 2.45) is 0 Å². The molecule has 0 fully saturated rings. The van der Waals surface area contributed by atoms with Crippen molar-refractivity contribution >= 4 is 23.2 Å². The number of thiazole rings is 1. The second kappa shape index (κ2) is 6.35. The number of nitrogens with one attached hydrogen (secondary N) is 1. The zero-order valence-electron chi connectivity index (χ0n) is 13.0. The lowest BCUT2D eigenvalue weighted by Crippen LogP contribution is -2.30. The van der Waals surface area contributed by atoms with E-state index in [9.17, 15) is 9.59 Å². The van der Waals surface area contributed by atoms with Crippen molar-refractivity contribution in [3.63, 3.8) is 0 Å². The van der Waals surface area contributed by atoms with E-state index in [1.165, 1.54) is 16.2 Å². The quantitative estimate of drug-likeness (QED) is 0.924. The van der Waals surface area contributed by atoms with E-state index in [0.717, 1.165) is 10.7 Å². The monoisotopic (exact) mass is 297 g/mol. The van der Waals surface area contributed by atoms with E-state index in [1.54, 1.807) is 14.1 Å². The number of aromatic nitrogens is 1. The van der Waals surface area contributed by atoms with Crippen molar-refractivity contribution < 1.29 is 9.59 Å². The van der Waals surface area contributed by atoms with E-state index >= 15 is 0 Å². The Balaban J connectivity index is 2.65. The lowest BCUT2D eigenvalue weighted by Gasteiger charge is -2.13. The lowest BCUT2D eigenvalue weighted by molar-refractivity contribution is -0.128. The molecule has 0 atom stereocenters. The summed E-state index contributed by atoms with van der Waals surface area (Å²) >= 11 is 1.42. The molecule has 0 aliphatic rings. The van der Waals surface area contributed by atoms with Crippen LogP contribution in [0.1, 0.15) is 47.6 Å². The highest BCUT2D eigenvalue weighted by Gasteiger charge is 2.22. The first-order valence-corrected chi connectivity index (χ1v) is 7.41. The van der Waals surface area contributed by atoms with Crippen LogP contribution in [-0.2, 0) is 10.2 Å². The van der Waals surface area contributed by atoms with Gasteiger partial charge in [0.25, 0.3) is 5.91 Å². The Morgan fingerprint density at radius 3 is 2.35 bits per heavy atom. The van der Waals surface area contributed by atoms with Crippen LogP contribution in [0.25, 0.3) is 0 Å². The van der Waals surface area contributed by atoms with Gasteiger partial charge in [-0.3, -0.25) is 9.59 Å². The van der Waals surface area contributed by atoms with E-state index in [0.29, 0.717) is 17.8 Å². The van der Waals surface area contributed by atoms with Crippen LogP contribution in [-0.4, -0.2) is 42.3 Å². The van der Waals surface area contributed by atoms with Gasteiger partial charge in [0.15, 0.2) is 0 Å². The third-order valence-electron chi connectivity index (χ3n) is 2.77. The van der Waals surface area contributed by atoms with Crippen LogP contribution in [0, 0.1) is 6.92 Å². The van der Waals surface area contributed by atoms with Gasteiger partial charge in [-0.05, 0) is 6.92 Å². The summed E-state index contributed by atoms with van der Waals surface area (Å²) in [6.07, 6.45) is 0.308. The van der Waals surface area contributed by atoms with Crippen LogP contribution < -0.4 is 5.32 Å². The Kier molecular flexibility index (Phi) is 5.28. The molecule has 1 aromatic heterocycles. The Labute approximate surface area is 124 Å². The summed E-state index contributed by atoms with van der Waals surface area (Å²) in [4.78, 5) is 30.1. The number of hydrogen-bond acceptors (Lipinski definition) is 4. The van der Waals surface area contributed by atoms with Gasteiger partial charge >= 0.3 is 0 Å². The fourth-order valence-electron chi connectivity index (χ4n) is 1.51. The van der Waals surface area contributed by atoms with Crippen LogP contribution >= 0.6 is 11.3 Å². The van der Waals surface area contributed by atoms with E-state index in [2.05, 4.69) is 31.1 Å². The number of nitrogens with zero attached hydrogens (tertiary/aromatic N) is 2. The van der Waals surface area contributed by atoms with Gasteiger partial charge in [0.05, 0.1) is 10.7 Å². The maximum atomic E-state index is 12.1. The van der Waals surface area contributed by atoms with Crippen LogP contribution in [0.2, 0.25) is 0 Å². The van der Waals surface area contributed by atoms with Crippen molar-refractivity contribution in [3.8, 4) is 0 Å². The lowest BCUT2D eigenvalue weighted by atomic mass is 9.98. The molecule has 112 valence electrons. The normalized spacial score (nSPS) is 11.3. The van der Waals surface area contributed by atoms with Gasteiger partial charge in [0.2, 0.25) is 5.91 Å². The molecule has 5 nitrogen and oxygen atoms in total. The van der Waals surface area contributed by atoms with Crippen molar-refractivity contribution in [2.45, 2.75) is 39.5 Å². The number of hydrogen-bond donors (Lipinski definition) is 1. The van der Waals surface area contributed by atoms with Crippen LogP contribution in [0.5, 0.6) is 0 Å². The van der Waals surface area contributed by atoms with E-state index in [4.69, 9.17) is 0 Å². The molecule has 0 aliphatic carbocycles. The largest absolute Gasteiger partial charge is 0.351 e. The summed E-state index contributed by atoms with van der Waals surface area (Å²) in [6.45, 7) is 8.40. The smallest absolute Gasteiger partial charge is 0.263 e. The zero-order valence-corrected chi connectivity index (χ0v) is 13.8. The number of rotatable bonds is 4. The van der Waals surface area contributed by atoms with Gasteiger partial charge in [0.1, 0.15) is 4.88 Å². The van der Waals surface area contributed by atoms with Gasteiger partial charge in [-0.1, -0.05) is 20.8 Å². The zero-order chi connectivity index (χ0) is 15.5. The Morgan fingerprint density at radius 2 is 1.90 bits per heavy atom. The molecule has 2 amide bonds. The van der Waals surface area contributed by atoms with Crippen molar-refractivity contribution in [1.82, 2.24) is 15.2 Å². The van der Waals surface area contributed by atoms with E-state index in [-0.39, 0.29) is 17.2 Å². The van der Waals surface area contributed by atoms with Crippen molar-refractivity contribution in [1.29, 1.82) is 0 Å². The molecule has 1 aromatic rings. The maximum absolute atomic E-state index is 12.1. The molecule has 0 aromatic carbocycles. The van der Waals surface area contributed by atoms with Gasteiger partial charge in [-0.15, -0.1) is 11.3 Å². The highest BCUT2D eigenvalue weighted by Crippen LogP contribution is 2.29. The third kappa shape index (κ3) is 4.30. The van der Waals surface area contributed by atoms with Gasteiger partial charge < -0.3 is 10.2 Å². The SMILES string of the molecule is Cc1nc(C(C)(C)C)sc1C(=O)NCCC(=O)N(C)C. The topological polar surface area (TPSA) is 62.3 Å². The first kappa shape index (κ1) is 16.6. The Bertz CT molecular complexity index is 501. The second-order valence-corrected chi connectivity index (χ2v) is 6.98. The van der Waals surface area contributed by atoms with Gasteiger partial charge in [-0.2, -0.15) is 0 Å². The Hall–Kier alpha value is -1.43. The molecule has 0 saturated heterocycles. The first-order valence-electron chi connectivity index (χ1n) is 6.59. The fraction of sp³-hybridized carbons (Fsp3) is 0.643. The number of aryl methyl sites for hydroxylation is 1. The molecule has 6 heteroatoms. The molecule has 20 heavy (non-hydrogen) atoms. The summed E-state index contributed by atoms with van der Waals surface area (Å²) in [5.41, 5.74) is 0.686. The minimum Gasteiger partial charge on any atom is -0.351 e. The number of carbonyl (C=O) groups is 2. The minimum atomic E-state index is -0.151. The molecular formula is C14H23N3O2S. The average Bonchev–Trinajstić information content (AvgIpc) is 2.70. The fourth-order valence-corrected chi connectivity index (χ4v) is 2.56. The summed E-state index contributed by atoms with van der Waals surface area (Å²) < 4.78 is 0. The molecule has 0 radical (unpaired) electrons. The highest BCUT2D eigenvalue weighted by atomic mass is 32.1. The van der Waals surface area contributed by atoms with Crippen LogP contribution in [0.15, 0.2) is 0 Å². The van der Waals surface area contributed by atoms with Crippen LogP contribution in [0.4, 0.5) is 0 Å². The standard InChI is InChI=1S/C14H23N3O2S/c1-9-11(20-13(16-9)14(2,3)4)12(19)15-8-7-10(18)17(5)6/h7-8H2,1-6H3,(H,15,19). The third-order valence-corrected chi connectivity index (χ3v) is 4.35. The first-order chi connectivity index (χ1) is 9.12. The van der Waals surface area contributed by atoms with Gasteiger partial charge in [0, 0.05) is 32.5 Å². The van der Waals surface area contributed by atoms with Crippen molar-refractivity contribution in [2.75, 3.05) is 20.6 Å². The summed E-state index contributed by atoms with van der Waals surface area (Å²) in [7, 11) is 3.40. The predicted octanol–water partition coefficient (Wildman–Crippen LogP) is 1.96. The number of carbonyl (C=O) groups excluding carboxylic acids is 2. The second-order valence-electron chi connectivity index (χ2n) is 5.98. The molecule has 1 N–H and O–H groups in total. The van der Waals surface area contributed by atoms with E-state index < -0.39 is 0 Å². The predicted molar refractivity (Wildman–Crippen MR) is 81.2 cm³/mol. The van der Waals surface area contributed by atoms with Crippen LogP contribution in [0.3, 0.4) is 0 Å². The molecule has 0 aliphatic heterocycles. The summed E-state index contributed by atoms with van der Waals surface area (Å²) in [6, 6.07) is 0. The van der Waals surface area contributed by atoms with E-state index in [1.807, 2.05) is 6.92 Å². The Morgan fingerprint density at radius 1 is 1.30 bits per heavy atom. The highest BCUT2D eigenvalue weighted by molar-refractivity contribution is 7.14. The molecular weight excluding hydrogens is 274 g/mol. The minimum absolute atomic E-state index is 0.00158. The summed E-state index contributed by atoms with van der Waals surface area (Å²) in [5, 5.41) is 3.72. The molecule has 0 bridgehead atoms. The average molecular weight is 297 g/mol. The molecule has 0 spiro atoms. The molecule has 0 unspecified atom stereocenters. The number of amides is 2. The maximum Gasteiger partial charge on any atom is 0.263 e. The van der Waals surface area contributed by atoms with Crippen molar-refractivity contribution in [3.05, 3.63) is 15.6 Å².